The number of ether oxygens (including phenoxy) is 3. The summed E-state index contributed by atoms with van der Waals surface area (Å²) in [6.07, 6.45) is 1.82. The van der Waals surface area contributed by atoms with Crippen molar-refractivity contribution < 1.29 is 19.0 Å². The van der Waals surface area contributed by atoms with Gasteiger partial charge in [-0.2, -0.15) is 0 Å². The molecule has 0 fully saturated rings. The molecule has 0 N–H and O–H groups in total. The lowest BCUT2D eigenvalue weighted by molar-refractivity contribution is -0.138. The molecule has 0 unspecified atom stereocenters. The van der Waals surface area contributed by atoms with E-state index < -0.39 is 12.0 Å². The molecule has 1 atom stereocenters. The number of fused-ring (bicyclic) bond motifs is 1. The molecule has 0 amide bonds. The molecule has 1 aromatic heterocycles. The van der Waals surface area contributed by atoms with E-state index in [2.05, 4.69) is 22.6 Å². The van der Waals surface area contributed by atoms with Gasteiger partial charge >= 0.3 is 5.97 Å². The van der Waals surface area contributed by atoms with Crippen LogP contribution in [0.5, 0.6) is 11.5 Å². The Morgan fingerprint density at radius 3 is 2.39 bits per heavy atom. The second-order valence-electron chi connectivity index (χ2n) is 10.3. The Morgan fingerprint density at radius 2 is 1.72 bits per heavy atom. The Bertz CT molecular complexity index is 2110. The van der Waals surface area contributed by atoms with Crippen molar-refractivity contribution in [2.45, 2.75) is 19.6 Å². The van der Waals surface area contributed by atoms with Crippen molar-refractivity contribution in [2.24, 2.45) is 4.99 Å². The fraction of sp³-hybridized carbons (Fsp3) is 0.139. The summed E-state index contributed by atoms with van der Waals surface area (Å²) < 4.78 is 20.2. The molecular weight excluding hydrogens is 735 g/mol. The fourth-order valence-corrected chi connectivity index (χ4v) is 7.15. The van der Waals surface area contributed by atoms with Crippen molar-refractivity contribution in [2.75, 3.05) is 13.7 Å². The zero-order chi connectivity index (χ0) is 32.2. The average molecular weight is 763 g/mol. The number of methoxy groups -OCH3 is 1. The maximum Gasteiger partial charge on any atom is 0.338 e. The SMILES string of the molecule is CCOC(=O)C1=C(c2ccccc2)N=c2s/c(=C\c3cc(I)c(OCc4ccc(Cl)cc4)c(OC)c3)c(=O)n2[C@H]1c1ccccc1. The van der Waals surface area contributed by atoms with Crippen LogP contribution in [0, 0.1) is 3.57 Å². The van der Waals surface area contributed by atoms with E-state index in [4.69, 9.17) is 30.8 Å². The Labute approximate surface area is 288 Å². The largest absolute Gasteiger partial charge is 0.493 e. The van der Waals surface area contributed by atoms with Gasteiger partial charge in [0.15, 0.2) is 16.3 Å². The number of nitrogens with zero attached hydrogens (tertiary/aromatic N) is 2. The Hall–Kier alpha value is -4.19. The number of carbonyl (C=O) groups is 1. The minimum absolute atomic E-state index is 0.191. The van der Waals surface area contributed by atoms with Crippen LogP contribution in [0.4, 0.5) is 0 Å². The summed E-state index contributed by atoms with van der Waals surface area (Å²) >= 11 is 9.50. The summed E-state index contributed by atoms with van der Waals surface area (Å²) in [6.45, 7) is 2.29. The molecule has 232 valence electrons. The van der Waals surface area contributed by atoms with E-state index in [0.29, 0.717) is 43.7 Å². The molecule has 0 spiro atoms. The third kappa shape index (κ3) is 6.53. The molecule has 2 heterocycles. The summed E-state index contributed by atoms with van der Waals surface area (Å²) in [4.78, 5) is 33.2. The van der Waals surface area contributed by atoms with Gasteiger partial charge in [-0.05, 0) is 76.5 Å². The number of hydrogen-bond acceptors (Lipinski definition) is 7. The van der Waals surface area contributed by atoms with Crippen molar-refractivity contribution >= 4 is 63.3 Å². The Kier molecular flexibility index (Phi) is 9.72. The van der Waals surface area contributed by atoms with Gasteiger partial charge in [0.25, 0.3) is 5.56 Å². The van der Waals surface area contributed by atoms with Crippen LogP contribution in [-0.4, -0.2) is 24.3 Å². The predicted octanol–water partition coefficient (Wildman–Crippen LogP) is 6.78. The summed E-state index contributed by atoms with van der Waals surface area (Å²) in [6, 6.07) is 29.5. The van der Waals surface area contributed by atoms with Gasteiger partial charge in [-0.25, -0.2) is 9.79 Å². The maximum absolute atomic E-state index is 14.2. The van der Waals surface area contributed by atoms with E-state index >= 15 is 0 Å². The Morgan fingerprint density at radius 1 is 1.02 bits per heavy atom. The molecule has 10 heteroatoms. The lowest BCUT2D eigenvalue weighted by Crippen LogP contribution is -2.40. The van der Waals surface area contributed by atoms with E-state index in [1.165, 1.54) is 11.3 Å². The first-order chi connectivity index (χ1) is 22.4. The van der Waals surface area contributed by atoms with Gasteiger partial charge in [0, 0.05) is 10.6 Å². The van der Waals surface area contributed by atoms with Gasteiger partial charge in [-0.3, -0.25) is 9.36 Å². The molecule has 4 aromatic carbocycles. The summed E-state index contributed by atoms with van der Waals surface area (Å²) in [7, 11) is 1.58. The van der Waals surface area contributed by atoms with E-state index in [1.807, 2.05) is 103 Å². The lowest BCUT2D eigenvalue weighted by atomic mass is 9.93. The highest BCUT2D eigenvalue weighted by Crippen LogP contribution is 2.36. The van der Waals surface area contributed by atoms with Crippen LogP contribution in [0.3, 0.4) is 0 Å². The maximum atomic E-state index is 14.2. The normalized spacial score (nSPS) is 14.4. The second kappa shape index (κ2) is 14.1. The van der Waals surface area contributed by atoms with Gasteiger partial charge in [-0.1, -0.05) is 95.7 Å². The molecule has 6 rings (SSSR count). The molecule has 0 saturated carbocycles. The number of carbonyl (C=O) groups excluding carboxylic acids is 1. The van der Waals surface area contributed by atoms with Gasteiger partial charge in [-0.15, -0.1) is 0 Å². The van der Waals surface area contributed by atoms with Gasteiger partial charge < -0.3 is 14.2 Å². The van der Waals surface area contributed by atoms with Crippen LogP contribution < -0.4 is 24.4 Å². The van der Waals surface area contributed by atoms with Crippen LogP contribution in [-0.2, 0) is 16.1 Å². The standard InChI is InChI=1S/C36H28ClIN2O5S/c1-3-44-35(42)30-31(24-10-6-4-7-11-24)39-36-40(32(30)25-12-8-5-9-13-25)34(41)29(46-36)20-23-18-27(38)33(28(19-23)43-2)45-21-22-14-16-26(37)17-15-22/h4-20,32H,3,21H2,1-2H3/b29-20-/t32-/m0/s1. The van der Waals surface area contributed by atoms with E-state index in [9.17, 15) is 9.59 Å². The predicted molar refractivity (Wildman–Crippen MR) is 189 cm³/mol. The number of aromatic nitrogens is 1. The molecule has 0 bridgehead atoms. The second-order valence-corrected chi connectivity index (χ2v) is 12.9. The third-order valence-electron chi connectivity index (χ3n) is 7.33. The molecule has 5 aromatic rings. The van der Waals surface area contributed by atoms with Gasteiger partial charge in [0.2, 0.25) is 0 Å². The molecule has 46 heavy (non-hydrogen) atoms. The summed E-state index contributed by atoms with van der Waals surface area (Å²) in [5.74, 6) is 0.632. The zero-order valence-corrected chi connectivity index (χ0v) is 28.6. The summed E-state index contributed by atoms with van der Waals surface area (Å²) in [5.41, 5.74) is 3.81. The van der Waals surface area contributed by atoms with Crippen molar-refractivity contribution in [3.05, 3.63) is 153 Å². The lowest BCUT2D eigenvalue weighted by Gasteiger charge is -2.25. The zero-order valence-electron chi connectivity index (χ0n) is 24.9. The first-order valence-corrected chi connectivity index (χ1v) is 16.7. The summed E-state index contributed by atoms with van der Waals surface area (Å²) in [5, 5.41) is 0.661. The van der Waals surface area contributed by atoms with Crippen molar-refractivity contribution in [1.29, 1.82) is 0 Å². The molecular formula is C36H28ClIN2O5S. The third-order valence-corrected chi connectivity index (χ3v) is 9.37. The van der Waals surface area contributed by atoms with Crippen molar-refractivity contribution in [3.63, 3.8) is 0 Å². The van der Waals surface area contributed by atoms with Gasteiger partial charge in [0.05, 0.1) is 39.1 Å². The van der Waals surface area contributed by atoms with Crippen LogP contribution in [0.25, 0.3) is 11.8 Å². The van der Waals surface area contributed by atoms with Crippen LogP contribution >= 0.6 is 45.5 Å². The smallest absolute Gasteiger partial charge is 0.338 e. The van der Waals surface area contributed by atoms with Crippen LogP contribution in [0.2, 0.25) is 5.02 Å². The highest BCUT2D eigenvalue weighted by Gasteiger charge is 2.35. The molecule has 1 aliphatic rings. The van der Waals surface area contributed by atoms with Crippen LogP contribution in [0.15, 0.2) is 112 Å². The number of hydrogen-bond donors (Lipinski definition) is 0. The number of halogens is 2. The monoisotopic (exact) mass is 762 g/mol. The molecule has 7 nitrogen and oxygen atoms in total. The van der Waals surface area contributed by atoms with Crippen LogP contribution in [0.1, 0.15) is 35.2 Å². The highest BCUT2D eigenvalue weighted by molar-refractivity contribution is 14.1. The quantitative estimate of drug-likeness (QED) is 0.122. The molecule has 0 saturated heterocycles. The molecule has 1 aliphatic heterocycles. The average Bonchev–Trinajstić information content (AvgIpc) is 3.38. The van der Waals surface area contributed by atoms with E-state index in [0.717, 1.165) is 25.8 Å². The highest BCUT2D eigenvalue weighted by atomic mass is 127. The minimum Gasteiger partial charge on any atom is -0.493 e. The van der Waals surface area contributed by atoms with E-state index in [-0.39, 0.29) is 12.2 Å². The number of benzene rings is 4. The minimum atomic E-state index is -0.729. The van der Waals surface area contributed by atoms with Crippen molar-refractivity contribution in [1.82, 2.24) is 4.57 Å². The number of thiazole rings is 1. The Balaban J connectivity index is 1.48. The molecule has 0 radical (unpaired) electrons. The topological polar surface area (TPSA) is 79.1 Å². The first-order valence-electron chi connectivity index (χ1n) is 14.5. The van der Waals surface area contributed by atoms with Crippen molar-refractivity contribution in [3.8, 4) is 11.5 Å². The number of esters is 1. The van der Waals surface area contributed by atoms with E-state index in [1.54, 1.807) is 18.6 Å². The first kappa shape index (κ1) is 31.8. The number of rotatable bonds is 9. The van der Waals surface area contributed by atoms with Gasteiger partial charge in [0.1, 0.15) is 6.61 Å². The fourth-order valence-electron chi connectivity index (χ4n) is 5.24. The molecule has 0 aliphatic carbocycles.